The Labute approximate surface area is 204 Å². The molecule has 1 saturated heterocycles. The van der Waals surface area contributed by atoms with Crippen LogP contribution in [0, 0.1) is 5.82 Å². The van der Waals surface area contributed by atoms with E-state index in [1.165, 1.54) is 24.0 Å². The molecule has 0 spiro atoms. The molecule has 1 fully saturated rings. The number of nitrogens with one attached hydrogen (secondary N) is 2. The second kappa shape index (κ2) is 8.96. The Hall–Kier alpha value is -2.89. The van der Waals surface area contributed by atoms with E-state index in [-0.39, 0.29) is 30.0 Å². The average Bonchev–Trinajstić information content (AvgIpc) is 3.23. The first kappa shape index (κ1) is 22.6. The maximum absolute atomic E-state index is 15.1. The predicted octanol–water partition coefficient (Wildman–Crippen LogP) is 2.27. The van der Waals surface area contributed by atoms with Crippen LogP contribution in [0.2, 0.25) is 0 Å². The zero-order chi connectivity index (χ0) is 24.1. The van der Waals surface area contributed by atoms with E-state index >= 15 is 4.39 Å². The van der Waals surface area contributed by atoms with Gasteiger partial charge in [-0.25, -0.2) is 13.8 Å². The molecule has 8 nitrogen and oxygen atoms in total. The standard InChI is InChI=1S/C24H24F2N6O2S/c25-15-8-28-18-2-4-21(34)32-10-13(22(15)23(18)32)9-31-6-5-17(16(26)11-31)27-7-14-1-3-19-24(29-14)30-20(33)12-35-19/h1-4,8,13,16-17,27H,5-7,9-12H2,(H,29,30,33)/t13?,16-,17+/m1/s1. The third-order valence-corrected chi connectivity index (χ3v) is 8.03. The highest BCUT2D eigenvalue weighted by Crippen LogP contribution is 2.35. The molecule has 1 unspecified atom stereocenters. The van der Waals surface area contributed by atoms with Crippen molar-refractivity contribution in [1.29, 1.82) is 0 Å². The molecular formula is C24H24F2N6O2S. The van der Waals surface area contributed by atoms with Crippen LogP contribution in [0.25, 0.3) is 11.0 Å². The number of likely N-dealkylation sites (tertiary alicyclic amines) is 1. The first-order valence-corrected chi connectivity index (χ1v) is 12.6. The second-order valence-electron chi connectivity index (χ2n) is 9.27. The SMILES string of the molecule is O=C1CSc2ccc(CN[C@H]3CCN(CC4Cn5c(=O)ccc6ncc(F)c4c65)C[C@H]3F)nc2N1. The largest absolute Gasteiger partial charge is 0.309 e. The van der Waals surface area contributed by atoms with Crippen LogP contribution >= 0.6 is 11.8 Å². The Kier molecular flexibility index (Phi) is 5.78. The number of pyridine rings is 3. The molecule has 6 rings (SSSR count). The lowest BCUT2D eigenvalue weighted by molar-refractivity contribution is -0.113. The van der Waals surface area contributed by atoms with Gasteiger partial charge in [0.2, 0.25) is 5.91 Å². The summed E-state index contributed by atoms with van der Waals surface area (Å²) in [6.07, 6.45) is 0.718. The van der Waals surface area contributed by atoms with E-state index in [4.69, 9.17) is 0 Å². The van der Waals surface area contributed by atoms with E-state index < -0.39 is 12.0 Å². The molecule has 3 aromatic heterocycles. The number of aromatic nitrogens is 3. The summed E-state index contributed by atoms with van der Waals surface area (Å²) in [5.41, 5.74) is 2.24. The fraction of sp³-hybridized carbons (Fsp3) is 0.417. The van der Waals surface area contributed by atoms with E-state index in [1.807, 2.05) is 17.0 Å². The number of anilines is 1. The van der Waals surface area contributed by atoms with Gasteiger partial charge in [0.1, 0.15) is 17.8 Å². The normalized spacial score (nSPS) is 23.9. The minimum absolute atomic E-state index is 0.0704. The number of piperidine rings is 1. The van der Waals surface area contributed by atoms with E-state index in [1.54, 1.807) is 10.6 Å². The van der Waals surface area contributed by atoms with Crippen LogP contribution < -0.4 is 16.2 Å². The molecule has 2 N–H and O–H groups in total. The van der Waals surface area contributed by atoms with Crippen LogP contribution in [0.5, 0.6) is 0 Å². The maximum Gasteiger partial charge on any atom is 0.251 e. The van der Waals surface area contributed by atoms with E-state index in [0.29, 0.717) is 60.8 Å². The molecule has 0 saturated carbocycles. The summed E-state index contributed by atoms with van der Waals surface area (Å²) in [6.45, 7) is 2.16. The molecule has 0 radical (unpaired) electrons. The summed E-state index contributed by atoms with van der Waals surface area (Å²) < 4.78 is 31.4. The number of carbonyl (C=O) groups is 1. The van der Waals surface area contributed by atoms with E-state index in [2.05, 4.69) is 20.6 Å². The zero-order valence-corrected chi connectivity index (χ0v) is 19.7. The molecule has 3 atom stereocenters. The molecule has 11 heteroatoms. The number of hydrogen-bond donors (Lipinski definition) is 2. The molecule has 1 amide bonds. The van der Waals surface area contributed by atoms with Gasteiger partial charge in [-0.1, -0.05) is 0 Å². The number of alkyl halides is 1. The molecular weight excluding hydrogens is 474 g/mol. The lowest BCUT2D eigenvalue weighted by atomic mass is 9.97. The quantitative estimate of drug-likeness (QED) is 0.558. The summed E-state index contributed by atoms with van der Waals surface area (Å²) in [5, 5.41) is 6.05. The van der Waals surface area contributed by atoms with Gasteiger partial charge in [-0.2, -0.15) is 0 Å². The Morgan fingerprint density at radius 2 is 2.09 bits per heavy atom. The van der Waals surface area contributed by atoms with Crippen LogP contribution in [0.15, 0.2) is 40.2 Å². The van der Waals surface area contributed by atoms with Crippen molar-refractivity contribution >= 4 is 34.5 Å². The van der Waals surface area contributed by atoms with Crippen molar-refractivity contribution in [3.8, 4) is 0 Å². The summed E-state index contributed by atoms with van der Waals surface area (Å²) in [7, 11) is 0. The zero-order valence-electron chi connectivity index (χ0n) is 18.8. The van der Waals surface area contributed by atoms with Gasteiger partial charge in [-0.3, -0.25) is 19.5 Å². The summed E-state index contributed by atoms with van der Waals surface area (Å²) in [6, 6.07) is 6.58. The third-order valence-electron chi connectivity index (χ3n) is 6.98. The van der Waals surface area contributed by atoms with E-state index in [9.17, 15) is 14.0 Å². The van der Waals surface area contributed by atoms with Crippen LogP contribution in [0.1, 0.15) is 23.6 Å². The lowest BCUT2D eigenvalue weighted by Crippen LogP contribution is -2.51. The summed E-state index contributed by atoms with van der Waals surface area (Å²) in [4.78, 5) is 35.5. The number of amides is 1. The number of fused-ring (bicyclic) bond motifs is 1. The minimum atomic E-state index is -1.09. The number of carbonyl (C=O) groups excluding carboxylic acids is 1. The molecule has 6 heterocycles. The van der Waals surface area contributed by atoms with Gasteiger partial charge in [-0.05, 0) is 31.2 Å². The van der Waals surface area contributed by atoms with Crippen LogP contribution in [-0.2, 0) is 17.9 Å². The molecule has 3 aliphatic rings. The van der Waals surface area contributed by atoms with Crippen LogP contribution in [0.3, 0.4) is 0 Å². The molecule has 35 heavy (non-hydrogen) atoms. The van der Waals surface area contributed by atoms with Crippen molar-refractivity contribution in [3.05, 3.63) is 57.9 Å². The number of nitrogens with zero attached hydrogens (tertiary/aromatic N) is 4. The van der Waals surface area contributed by atoms with Gasteiger partial charge in [0.05, 0.1) is 33.6 Å². The van der Waals surface area contributed by atoms with Crippen LogP contribution in [-0.4, -0.2) is 62.9 Å². The molecule has 3 aromatic rings. The van der Waals surface area contributed by atoms with Gasteiger partial charge in [0.15, 0.2) is 0 Å². The molecule has 0 bridgehead atoms. The highest BCUT2D eigenvalue weighted by Gasteiger charge is 2.34. The molecule has 3 aliphatic heterocycles. The Balaban J connectivity index is 1.09. The Morgan fingerprint density at radius 3 is 2.94 bits per heavy atom. The van der Waals surface area contributed by atoms with Gasteiger partial charge in [-0.15, -0.1) is 11.8 Å². The maximum atomic E-state index is 15.1. The first-order chi connectivity index (χ1) is 17.0. The number of thioether (sulfide) groups is 1. The van der Waals surface area contributed by atoms with Crippen molar-refractivity contribution in [3.63, 3.8) is 0 Å². The number of halogens is 2. The van der Waals surface area contributed by atoms with Gasteiger partial charge in [0.25, 0.3) is 5.56 Å². The lowest BCUT2D eigenvalue weighted by Gasteiger charge is -2.36. The second-order valence-corrected chi connectivity index (χ2v) is 10.3. The first-order valence-electron chi connectivity index (χ1n) is 11.7. The molecule has 0 aromatic carbocycles. The third kappa shape index (κ3) is 4.21. The monoisotopic (exact) mass is 498 g/mol. The number of rotatable bonds is 5. The van der Waals surface area contributed by atoms with Gasteiger partial charge < -0.3 is 15.2 Å². The van der Waals surface area contributed by atoms with Crippen molar-refractivity contribution in [2.75, 3.05) is 30.7 Å². The average molecular weight is 499 g/mol. The summed E-state index contributed by atoms with van der Waals surface area (Å²) >= 11 is 1.46. The highest BCUT2D eigenvalue weighted by molar-refractivity contribution is 8.00. The van der Waals surface area contributed by atoms with E-state index in [0.717, 1.165) is 10.6 Å². The van der Waals surface area contributed by atoms with Crippen LogP contribution in [0.4, 0.5) is 14.6 Å². The minimum Gasteiger partial charge on any atom is -0.309 e. The molecule has 0 aliphatic carbocycles. The highest BCUT2D eigenvalue weighted by atomic mass is 32.2. The fourth-order valence-corrected chi connectivity index (χ4v) is 6.06. The summed E-state index contributed by atoms with van der Waals surface area (Å²) in [5.74, 6) is 0.238. The van der Waals surface area contributed by atoms with Crippen molar-refractivity contribution in [1.82, 2.24) is 24.8 Å². The predicted molar refractivity (Wildman–Crippen MR) is 129 cm³/mol. The molecule has 182 valence electrons. The Bertz CT molecular complexity index is 1380. The van der Waals surface area contributed by atoms with Gasteiger partial charge >= 0.3 is 0 Å². The Morgan fingerprint density at radius 1 is 1.20 bits per heavy atom. The smallest absolute Gasteiger partial charge is 0.251 e. The van der Waals surface area contributed by atoms with Gasteiger partial charge in [0, 0.05) is 49.8 Å². The topological polar surface area (TPSA) is 92.2 Å². The van der Waals surface area contributed by atoms with Crippen molar-refractivity contribution < 1.29 is 13.6 Å². The fourth-order valence-electron chi connectivity index (χ4n) is 5.31. The number of hydrogen-bond acceptors (Lipinski definition) is 7. The van der Waals surface area contributed by atoms with Crippen molar-refractivity contribution in [2.24, 2.45) is 0 Å². The van der Waals surface area contributed by atoms with Crippen molar-refractivity contribution in [2.45, 2.75) is 42.5 Å².